The molecule has 0 saturated carbocycles. The quantitative estimate of drug-likeness (QED) is 0.869. The van der Waals surface area contributed by atoms with Crippen molar-refractivity contribution in [3.63, 3.8) is 0 Å². The van der Waals surface area contributed by atoms with Gasteiger partial charge in [0.25, 0.3) is 0 Å². The lowest BCUT2D eigenvalue weighted by Crippen LogP contribution is -2.45. The van der Waals surface area contributed by atoms with Crippen LogP contribution in [-0.2, 0) is 11.2 Å². The highest BCUT2D eigenvalue weighted by Crippen LogP contribution is 2.15. The average molecular weight is 261 g/mol. The Labute approximate surface area is 115 Å². The monoisotopic (exact) mass is 261 g/mol. The fourth-order valence-corrected chi connectivity index (χ4v) is 2.55. The number of hydrogen-bond acceptors (Lipinski definition) is 3. The number of rotatable bonds is 4. The Morgan fingerprint density at radius 1 is 1.42 bits per heavy atom. The van der Waals surface area contributed by atoms with Crippen LogP contribution in [0.4, 0.5) is 0 Å². The molecule has 1 saturated heterocycles. The first-order valence-electron chi connectivity index (χ1n) is 6.82. The second kappa shape index (κ2) is 6.17. The standard InChI is InChI=1S/C15H23N3O/c1-17(2)13-8-9-18(11-13)15(19)14(16)10-12-6-4-3-5-7-12/h3-7,13-14H,8-11,16H2,1-2H3/t13?,14-/m1/s1. The van der Waals surface area contributed by atoms with Crippen molar-refractivity contribution in [1.29, 1.82) is 0 Å². The van der Waals surface area contributed by atoms with E-state index in [0.29, 0.717) is 12.5 Å². The van der Waals surface area contributed by atoms with Crippen LogP contribution in [0.2, 0.25) is 0 Å². The summed E-state index contributed by atoms with van der Waals surface area (Å²) >= 11 is 0. The van der Waals surface area contributed by atoms with Gasteiger partial charge in [-0.3, -0.25) is 4.79 Å². The highest BCUT2D eigenvalue weighted by atomic mass is 16.2. The molecule has 2 N–H and O–H groups in total. The van der Waals surface area contributed by atoms with Crippen molar-refractivity contribution in [2.75, 3.05) is 27.2 Å². The molecule has 0 radical (unpaired) electrons. The van der Waals surface area contributed by atoms with Gasteiger partial charge >= 0.3 is 0 Å². The van der Waals surface area contributed by atoms with Gasteiger partial charge in [-0.15, -0.1) is 0 Å². The SMILES string of the molecule is CN(C)C1CCN(C(=O)[C@H](N)Cc2ccccc2)C1. The van der Waals surface area contributed by atoms with E-state index in [1.165, 1.54) is 0 Å². The summed E-state index contributed by atoms with van der Waals surface area (Å²) in [5, 5.41) is 0. The van der Waals surface area contributed by atoms with Gasteiger partial charge in [-0.1, -0.05) is 30.3 Å². The van der Waals surface area contributed by atoms with E-state index in [4.69, 9.17) is 5.73 Å². The van der Waals surface area contributed by atoms with Crippen LogP contribution in [0.15, 0.2) is 30.3 Å². The highest BCUT2D eigenvalue weighted by molar-refractivity contribution is 5.82. The number of nitrogens with two attached hydrogens (primary N) is 1. The third-order valence-corrected chi connectivity index (χ3v) is 3.82. The third kappa shape index (κ3) is 3.55. The molecular formula is C15H23N3O. The predicted octanol–water partition coefficient (Wildman–Crippen LogP) is 0.719. The molecule has 1 aromatic rings. The lowest BCUT2D eigenvalue weighted by Gasteiger charge is -2.23. The second-order valence-electron chi connectivity index (χ2n) is 5.49. The Balaban J connectivity index is 1.90. The molecule has 19 heavy (non-hydrogen) atoms. The number of likely N-dealkylation sites (N-methyl/N-ethyl adjacent to an activating group) is 1. The topological polar surface area (TPSA) is 49.6 Å². The summed E-state index contributed by atoms with van der Waals surface area (Å²) in [6, 6.07) is 9.99. The van der Waals surface area contributed by atoms with E-state index in [1.54, 1.807) is 0 Å². The predicted molar refractivity (Wildman–Crippen MR) is 76.8 cm³/mol. The van der Waals surface area contributed by atoms with Gasteiger partial charge in [-0.25, -0.2) is 0 Å². The summed E-state index contributed by atoms with van der Waals surface area (Å²) in [5.41, 5.74) is 7.16. The number of benzene rings is 1. The van der Waals surface area contributed by atoms with Crippen LogP contribution in [0.25, 0.3) is 0 Å². The molecule has 1 unspecified atom stereocenters. The number of likely N-dealkylation sites (tertiary alicyclic amines) is 1. The van der Waals surface area contributed by atoms with Crippen LogP contribution in [0, 0.1) is 0 Å². The highest BCUT2D eigenvalue weighted by Gasteiger charge is 2.30. The molecule has 1 fully saturated rings. The molecule has 1 aliphatic rings. The van der Waals surface area contributed by atoms with Gasteiger partial charge in [0.1, 0.15) is 0 Å². The lowest BCUT2D eigenvalue weighted by molar-refractivity contribution is -0.131. The smallest absolute Gasteiger partial charge is 0.239 e. The van der Waals surface area contributed by atoms with Gasteiger partial charge in [-0.2, -0.15) is 0 Å². The molecule has 2 atom stereocenters. The zero-order valence-electron chi connectivity index (χ0n) is 11.7. The van der Waals surface area contributed by atoms with Crippen LogP contribution in [0.5, 0.6) is 0 Å². The zero-order valence-corrected chi connectivity index (χ0v) is 11.7. The normalized spacial score (nSPS) is 20.8. The van der Waals surface area contributed by atoms with E-state index in [9.17, 15) is 4.79 Å². The molecule has 1 amide bonds. The third-order valence-electron chi connectivity index (χ3n) is 3.82. The van der Waals surface area contributed by atoms with E-state index in [0.717, 1.165) is 25.1 Å². The summed E-state index contributed by atoms with van der Waals surface area (Å²) in [6.07, 6.45) is 1.65. The molecule has 1 aromatic carbocycles. The zero-order chi connectivity index (χ0) is 13.8. The molecular weight excluding hydrogens is 238 g/mol. The van der Waals surface area contributed by atoms with Crippen LogP contribution in [-0.4, -0.2) is 55.0 Å². The first-order valence-corrected chi connectivity index (χ1v) is 6.82. The Morgan fingerprint density at radius 3 is 2.68 bits per heavy atom. The molecule has 104 valence electrons. The fraction of sp³-hybridized carbons (Fsp3) is 0.533. The van der Waals surface area contributed by atoms with Gasteiger partial charge in [0, 0.05) is 19.1 Å². The van der Waals surface area contributed by atoms with E-state index < -0.39 is 6.04 Å². The van der Waals surface area contributed by atoms with E-state index >= 15 is 0 Å². The maximum absolute atomic E-state index is 12.3. The minimum Gasteiger partial charge on any atom is -0.340 e. The van der Waals surface area contributed by atoms with Crippen molar-refractivity contribution >= 4 is 5.91 Å². The van der Waals surface area contributed by atoms with Crippen LogP contribution in [0.3, 0.4) is 0 Å². The van der Waals surface area contributed by atoms with Gasteiger partial charge in [0.15, 0.2) is 0 Å². The Hall–Kier alpha value is -1.39. The van der Waals surface area contributed by atoms with Crippen LogP contribution >= 0.6 is 0 Å². The molecule has 2 rings (SSSR count). The largest absolute Gasteiger partial charge is 0.340 e. The molecule has 0 bridgehead atoms. The summed E-state index contributed by atoms with van der Waals surface area (Å²) in [4.78, 5) is 16.4. The van der Waals surface area contributed by atoms with Crippen LogP contribution < -0.4 is 5.73 Å². The first-order chi connectivity index (χ1) is 9.08. The van der Waals surface area contributed by atoms with Gasteiger partial charge in [0.2, 0.25) is 5.91 Å². The molecule has 4 nitrogen and oxygen atoms in total. The molecule has 0 aliphatic carbocycles. The maximum atomic E-state index is 12.3. The summed E-state index contributed by atoms with van der Waals surface area (Å²) in [5.74, 6) is 0.0770. The Morgan fingerprint density at radius 2 is 2.11 bits per heavy atom. The first kappa shape index (κ1) is 14.0. The van der Waals surface area contributed by atoms with Gasteiger partial charge in [-0.05, 0) is 32.5 Å². The van der Waals surface area contributed by atoms with Crippen molar-refractivity contribution in [3.8, 4) is 0 Å². The number of hydrogen-bond donors (Lipinski definition) is 1. The number of nitrogens with zero attached hydrogens (tertiary/aromatic N) is 2. The Kier molecular flexibility index (Phi) is 4.56. The summed E-state index contributed by atoms with van der Waals surface area (Å²) in [6.45, 7) is 1.62. The molecule has 1 heterocycles. The van der Waals surface area contributed by atoms with Crippen LogP contribution in [0.1, 0.15) is 12.0 Å². The minimum absolute atomic E-state index is 0.0770. The average Bonchev–Trinajstić information content (AvgIpc) is 2.88. The molecule has 1 aliphatic heterocycles. The summed E-state index contributed by atoms with van der Waals surface area (Å²) in [7, 11) is 4.12. The maximum Gasteiger partial charge on any atom is 0.239 e. The van der Waals surface area contributed by atoms with Gasteiger partial charge < -0.3 is 15.5 Å². The van der Waals surface area contributed by atoms with Crippen molar-refractivity contribution in [2.24, 2.45) is 5.73 Å². The lowest BCUT2D eigenvalue weighted by atomic mass is 10.1. The summed E-state index contributed by atoms with van der Waals surface area (Å²) < 4.78 is 0. The molecule has 4 heteroatoms. The van der Waals surface area contributed by atoms with Crippen molar-refractivity contribution in [1.82, 2.24) is 9.80 Å². The van der Waals surface area contributed by atoms with E-state index in [1.807, 2.05) is 35.2 Å². The Bertz CT molecular complexity index is 419. The fourth-order valence-electron chi connectivity index (χ4n) is 2.55. The van der Waals surface area contributed by atoms with Crippen molar-refractivity contribution in [2.45, 2.75) is 24.9 Å². The number of carbonyl (C=O) groups excluding carboxylic acids is 1. The molecule has 0 aromatic heterocycles. The number of amides is 1. The van der Waals surface area contributed by atoms with E-state index in [2.05, 4.69) is 19.0 Å². The van der Waals surface area contributed by atoms with Crippen molar-refractivity contribution < 1.29 is 4.79 Å². The van der Waals surface area contributed by atoms with Gasteiger partial charge in [0.05, 0.1) is 6.04 Å². The van der Waals surface area contributed by atoms with E-state index in [-0.39, 0.29) is 5.91 Å². The number of carbonyl (C=O) groups is 1. The molecule has 0 spiro atoms. The van der Waals surface area contributed by atoms with Crippen molar-refractivity contribution in [3.05, 3.63) is 35.9 Å². The minimum atomic E-state index is -0.427. The second-order valence-corrected chi connectivity index (χ2v) is 5.49.